The zero-order valence-corrected chi connectivity index (χ0v) is 10.8. The second-order valence-electron chi connectivity index (χ2n) is 4.27. The van der Waals surface area contributed by atoms with Crippen molar-refractivity contribution in [3.05, 3.63) is 33.8 Å². The molecule has 1 aromatic carbocycles. The summed E-state index contributed by atoms with van der Waals surface area (Å²) in [6.07, 6.45) is 0.959. The van der Waals surface area contributed by atoms with Crippen molar-refractivity contribution in [2.45, 2.75) is 6.42 Å². The van der Waals surface area contributed by atoms with Gasteiger partial charge in [-0.15, -0.1) is 0 Å². The number of likely N-dealkylation sites (tertiary alicyclic amines) is 1. The molecule has 0 radical (unpaired) electrons. The molecule has 1 fully saturated rings. The third-order valence-electron chi connectivity index (χ3n) is 3.07. The van der Waals surface area contributed by atoms with Crippen LogP contribution in [0.25, 0.3) is 0 Å². The summed E-state index contributed by atoms with van der Waals surface area (Å²) in [4.78, 5) is 14.0. The smallest absolute Gasteiger partial charge is 0.255 e. The summed E-state index contributed by atoms with van der Waals surface area (Å²) in [7, 11) is 0. The number of carbonyl (C=O) groups excluding carboxylic acids is 1. The van der Waals surface area contributed by atoms with E-state index < -0.39 is 0 Å². The minimum Gasteiger partial charge on any atom is -0.338 e. The molecule has 1 heterocycles. The average molecular weight is 273 g/mol. The van der Waals surface area contributed by atoms with E-state index in [1.54, 1.807) is 23.1 Å². The summed E-state index contributed by atoms with van der Waals surface area (Å²) in [5, 5.41) is 0.961. The van der Waals surface area contributed by atoms with E-state index in [4.69, 9.17) is 28.9 Å². The lowest BCUT2D eigenvalue weighted by atomic mass is 10.1. The van der Waals surface area contributed by atoms with Gasteiger partial charge in [-0.1, -0.05) is 23.2 Å². The average Bonchev–Trinajstić information content (AvgIpc) is 2.80. The fraction of sp³-hybridized carbons (Fsp3) is 0.417. The molecule has 1 amide bonds. The molecule has 0 unspecified atom stereocenters. The quantitative estimate of drug-likeness (QED) is 0.899. The molecule has 1 atom stereocenters. The van der Waals surface area contributed by atoms with E-state index in [0.29, 0.717) is 34.6 Å². The van der Waals surface area contributed by atoms with Gasteiger partial charge in [0, 0.05) is 18.1 Å². The summed E-state index contributed by atoms with van der Waals surface area (Å²) in [5.74, 6) is 0.338. The van der Waals surface area contributed by atoms with Gasteiger partial charge in [0.05, 0.1) is 10.6 Å². The van der Waals surface area contributed by atoms with Gasteiger partial charge in [-0.2, -0.15) is 0 Å². The molecule has 92 valence electrons. The maximum Gasteiger partial charge on any atom is 0.255 e. The monoisotopic (exact) mass is 272 g/mol. The van der Waals surface area contributed by atoms with Crippen LogP contribution in [0, 0.1) is 5.92 Å². The van der Waals surface area contributed by atoms with Crippen LogP contribution in [0.2, 0.25) is 10.0 Å². The fourth-order valence-corrected chi connectivity index (χ4v) is 2.41. The highest BCUT2D eigenvalue weighted by Crippen LogP contribution is 2.24. The number of nitrogens with zero attached hydrogens (tertiary/aromatic N) is 1. The third kappa shape index (κ3) is 2.73. The number of hydrogen-bond acceptors (Lipinski definition) is 2. The van der Waals surface area contributed by atoms with Crippen molar-refractivity contribution in [2.75, 3.05) is 19.6 Å². The Balaban J connectivity index is 2.17. The molecule has 0 aromatic heterocycles. The van der Waals surface area contributed by atoms with E-state index in [-0.39, 0.29) is 5.91 Å². The summed E-state index contributed by atoms with van der Waals surface area (Å²) < 4.78 is 0. The largest absolute Gasteiger partial charge is 0.338 e. The van der Waals surface area contributed by atoms with Crippen LogP contribution < -0.4 is 5.73 Å². The fourth-order valence-electron chi connectivity index (χ4n) is 2.04. The number of rotatable bonds is 2. The number of nitrogens with two attached hydrogens (primary N) is 1. The lowest BCUT2D eigenvalue weighted by molar-refractivity contribution is 0.0788. The van der Waals surface area contributed by atoms with Gasteiger partial charge in [0.2, 0.25) is 0 Å². The number of carbonyl (C=O) groups is 1. The molecule has 1 aliphatic rings. The molecule has 3 nitrogen and oxygen atoms in total. The van der Waals surface area contributed by atoms with Crippen LogP contribution in [0.1, 0.15) is 16.8 Å². The van der Waals surface area contributed by atoms with Gasteiger partial charge in [-0.25, -0.2) is 0 Å². The molecule has 0 spiro atoms. The van der Waals surface area contributed by atoms with Crippen molar-refractivity contribution in [2.24, 2.45) is 11.7 Å². The Labute approximate surface area is 110 Å². The van der Waals surface area contributed by atoms with Gasteiger partial charge in [0.15, 0.2) is 0 Å². The van der Waals surface area contributed by atoms with Crippen LogP contribution in [0.5, 0.6) is 0 Å². The van der Waals surface area contributed by atoms with Gasteiger partial charge in [-0.3, -0.25) is 4.79 Å². The van der Waals surface area contributed by atoms with E-state index >= 15 is 0 Å². The zero-order chi connectivity index (χ0) is 12.4. The molecule has 5 heteroatoms. The molecule has 2 N–H and O–H groups in total. The second kappa shape index (κ2) is 5.25. The number of amides is 1. The lowest BCUT2D eigenvalue weighted by Gasteiger charge is -2.17. The summed E-state index contributed by atoms with van der Waals surface area (Å²) in [6.45, 7) is 2.06. The zero-order valence-electron chi connectivity index (χ0n) is 9.33. The minimum absolute atomic E-state index is 0.0616. The normalized spacial score (nSPS) is 19.7. The van der Waals surface area contributed by atoms with Gasteiger partial charge >= 0.3 is 0 Å². The Morgan fingerprint density at radius 3 is 2.88 bits per heavy atom. The van der Waals surface area contributed by atoms with Crippen molar-refractivity contribution in [1.82, 2.24) is 4.90 Å². The molecule has 2 rings (SSSR count). The summed E-state index contributed by atoms with van der Waals surface area (Å²) in [5.41, 5.74) is 6.07. The van der Waals surface area contributed by atoms with Crippen LogP contribution >= 0.6 is 23.2 Å². The molecular weight excluding hydrogens is 259 g/mol. The van der Waals surface area contributed by atoms with E-state index in [2.05, 4.69) is 0 Å². The molecule has 1 aliphatic heterocycles. The Morgan fingerprint density at radius 2 is 2.24 bits per heavy atom. The first-order chi connectivity index (χ1) is 8.11. The predicted molar refractivity (Wildman–Crippen MR) is 69.5 cm³/mol. The summed E-state index contributed by atoms with van der Waals surface area (Å²) in [6, 6.07) is 4.93. The van der Waals surface area contributed by atoms with Crippen LogP contribution in [0.15, 0.2) is 18.2 Å². The van der Waals surface area contributed by atoms with Crippen molar-refractivity contribution >= 4 is 29.1 Å². The van der Waals surface area contributed by atoms with Crippen molar-refractivity contribution in [3.63, 3.8) is 0 Å². The van der Waals surface area contributed by atoms with Crippen LogP contribution in [0.4, 0.5) is 0 Å². The Morgan fingerprint density at radius 1 is 1.47 bits per heavy atom. The maximum atomic E-state index is 12.2. The number of halogens is 2. The van der Waals surface area contributed by atoms with Gasteiger partial charge in [0.1, 0.15) is 0 Å². The van der Waals surface area contributed by atoms with Crippen molar-refractivity contribution in [3.8, 4) is 0 Å². The van der Waals surface area contributed by atoms with Gasteiger partial charge < -0.3 is 10.6 Å². The highest BCUT2D eigenvalue weighted by Gasteiger charge is 2.27. The Bertz CT molecular complexity index is 437. The SMILES string of the molecule is NC[C@@H]1CCN(C(=O)c2cc(Cl)ccc2Cl)C1. The van der Waals surface area contributed by atoms with Gasteiger partial charge in [-0.05, 0) is 37.1 Å². The Hall–Kier alpha value is -0.770. The minimum atomic E-state index is -0.0616. The highest BCUT2D eigenvalue weighted by atomic mass is 35.5. The molecule has 0 bridgehead atoms. The number of benzene rings is 1. The standard InChI is InChI=1S/C12H14Cl2N2O/c13-9-1-2-11(14)10(5-9)12(17)16-4-3-8(6-15)7-16/h1-2,5,8H,3-4,6-7,15H2/t8-/m0/s1. The highest BCUT2D eigenvalue weighted by molar-refractivity contribution is 6.35. The van der Waals surface area contributed by atoms with Crippen LogP contribution in [-0.4, -0.2) is 30.4 Å². The summed E-state index contributed by atoms with van der Waals surface area (Å²) >= 11 is 11.9. The van der Waals surface area contributed by atoms with Crippen molar-refractivity contribution in [1.29, 1.82) is 0 Å². The Kier molecular flexibility index (Phi) is 3.92. The molecular formula is C12H14Cl2N2O. The molecule has 1 aromatic rings. The van der Waals surface area contributed by atoms with E-state index in [1.165, 1.54) is 0 Å². The molecule has 1 saturated heterocycles. The maximum absolute atomic E-state index is 12.2. The molecule has 0 saturated carbocycles. The molecule has 17 heavy (non-hydrogen) atoms. The lowest BCUT2D eigenvalue weighted by Crippen LogP contribution is -2.30. The van der Waals surface area contributed by atoms with E-state index in [9.17, 15) is 4.79 Å². The van der Waals surface area contributed by atoms with Crippen molar-refractivity contribution < 1.29 is 4.79 Å². The molecule has 0 aliphatic carbocycles. The van der Waals surface area contributed by atoms with Crippen LogP contribution in [0.3, 0.4) is 0 Å². The van der Waals surface area contributed by atoms with Crippen LogP contribution in [-0.2, 0) is 0 Å². The first kappa shape index (κ1) is 12.7. The topological polar surface area (TPSA) is 46.3 Å². The third-order valence-corrected chi connectivity index (χ3v) is 3.63. The predicted octanol–water partition coefficient (Wildman–Crippen LogP) is 2.41. The second-order valence-corrected chi connectivity index (χ2v) is 5.11. The van der Waals surface area contributed by atoms with E-state index in [1.807, 2.05) is 0 Å². The first-order valence-corrected chi connectivity index (χ1v) is 6.32. The first-order valence-electron chi connectivity index (χ1n) is 5.56. The number of hydrogen-bond donors (Lipinski definition) is 1. The van der Waals surface area contributed by atoms with Gasteiger partial charge in [0.25, 0.3) is 5.91 Å². The van der Waals surface area contributed by atoms with E-state index in [0.717, 1.165) is 13.0 Å².